The fourth-order valence-electron chi connectivity index (χ4n) is 3.57. The topological polar surface area (TPSA) is 3.24 Å². The molecule has 2 aromatic rings. The minimum Gasteiger partial charge on any atom is -0.303 e. The van der Waals surface area contributed by atoms with Gasteiger partial charge in [0.25, 0.3) is 0 Å². The SMILES string of the molecule is c1ccc(C(CCN2CCCCCC2)c2ccccc2)cc1. The Balaban J connectivity index is 1.71. The molecule has 0 unspecified atom stereocenters. The quantitative estimate of drug-likeness (QED) is 0.742. The van der Waals surface area contributed by atoms with Crippen molar-refractivity contribution in [3.05, 3.63) is 71.8 Å². The van der Waals surface area contributed by atoms with Gasteiger partial charge in [0.1, 0.15) is 0 Å². The number of benzene rings is 2. The lowest BCUT2D eigenvalue weighted by atomic mass is 9.88. The van der Waals surface area contributed by atoms with Gasteiger partial charge < -0.3 is 4.90 Å². The third kappa shape index (κ3) is 4.20. The maximum absolute atomic E-state index is 2.67. The summed E-state index contributed by atoms with van der Waals surface area (Å²) >= 11 is 0. The summed E-state index contributed by atoms with van der Waals surface area (Å²) in [5.74, 6) is 0.519. The monoisotopic (exact) mass is 293 g/mol. The van der Waals surface area contributed by atoms with Crippen molar-refractivity contribution in [1.82, 2.24) is 4.90 Å². The van der Waals surface area contributed by atoms with Gasteiger partial charge in [-0.3, -0.25) is 0 Å². The van der Waals surface area contributed by atoms with Gasteiger partial charge in [-0.1, -0.05) is 73.5 Å². The highest BCUT2D eigenvalue weighted by molar-refractivity contribution is 5.32. The number of likely N-dealkylation sites (tertiary alicyclic amines) is 1. The van der Waals surface area contributed by atoms with Crippen molar-refractivity contribution in [2.24, 2.45) is 0 Å². The van der Waals surface area contributed by atoms with Gasteiger partial charge in [0.15, 0.2) is 0 Å². The van der Waals surface area contributed by atoms with Crippen LogP contribution in [0.2, 0.25) is 0 Å². The summed E-state index contributed by atoms with van der Waals surface area (Å²) in [6.45, 7) is 3.79. The Morgan fingerprint density at radius 3 is 1.68 bits per heavy atom. The van der Waals surface area contributed by atoms with E-state index in [4.69, 9.17) is 0 Å². The summed E-state index contributed by atoms with van der Waals surface area (Å²) in [5.41, 5.74) is 2.90. The van der Waals surface area contributed by atoms with E-state index in [0.29, 0.717) is 5.92 Å². The first kappa shape index (κ1) is 15.3. The van der Waals surface area contributed by atoms with E-state index in [1.807, 2.05) is 0 Å². The molecule has 116 valence electrons. The fourth-order valence-corrected chi connectivity index (χ4v) is 3.57. The second-order valence-electron chi connectivity index (χ2n) is 6.42. The molecule has 2 aromatic carbocycles. The van der Waals surface area contributed by atoms with Crippen molar-refractivity contribution < 1.29 is 0 Å². The molecule has 1 heteroatoms. The molecule has 0 spiro atoms. The molecule has 0 aliphatic carbocycles. The minimum absolute atomic E-state index is 0.519. The third-order valence-corrected chi connectivity index (χ3v) is 4.84. The van der Waals surface area contributed by atoms with Crippen LogP contribution in [0.4, 0.5) is 0 Å². The number of hydrogen-bond donors (Lipinski definition) is 0. The number of nitrogens with zero attached hydrogens (tertiary/aromatic N) is 1. The second-order valence-corrected chi connectivity index (χ2v) is 6.42. The zero-order valence-corrected chi connectivity index (χ0v) is 13.5. The van der Waals surface area contributed by atoms with Crippen molar-refractivity contribution in [1.29, 1.82) is 0 Å². The smallest absolute Gasteiger partial charge is 0.0101 e. The van der Waals surface area contributed by atoms with E-state index in [9.17, 15) is 0 Å². The highest BCUT2D eigenvalue weighted by atomic mass is 15.1. The Hall–Kier alpha value is -1.60. The Bertz CT molecular complexity index is 487. The number of rotatable bonds is 5. The lowest BCUT2D eigenvalue weighted by Gasteiger charge is -2.24. The summed E-state index contributed by atoms with van der Waals surface area (Å²) in [6, 6.07) is 22.0. The standard InChI is InChI=1S/C21H27N/c1-2-10-17-22(16-9-1)18-15-21(19-11-5-3-6-12-19)20-13-7-4-8-14-20/h3-8,11-14,21H,1-2,9-10,15-18H2. The summed E-state index contributed by atoms with van der Waals surface area (Å²) < 4.78 is 0. The van der Waals surface area contributed by atoms with Crippen LogP contribution in [0.5, 0.6) is 0 Å². The molecule has 0 aromatic heterocycles. The van der Waals surface area contributed by atoms with Gasteiger partial charge in [0, 0.05) is 5.92 Å². The molecule has 1 aliphatic rings. The molecule has 22 heavy (non-hydrogen) atoms. The van der Waals surface area contributed by atoms with Crippen LogP contribution in [0.15, 0.2) is 60.7 Å². The van der Waals surface area contributed by atoms with Crippen LogP contribution in [0, 0.1) is 0 Å². The average Bonchev–Trinajstić information content (AvgIpc) is 2.86. The van der Waals surface area contributed by atoms with Crippen LogP contribution in [0.25, 0.3) is 0 Å². The van der Waals surface area contributed by atoms with Gasteiger partial charge in [-0.05, 0) is 50.0 Å². The molecular formula is C21H27N. The zero-order valence-electron chi connectivity index (χ0n) is 13.5. The molecule has 0 radical (unpaired) electrons. The van der Waals surface area contributed by atoms with Gasteiger partial charge in [0.2, 0.25) is 0 Å². The lowest BCUT2D eigenvalue weighted by Crippen LogP contribution is -2.27. The van der Waals surface area contributed by atoms with E-state index in [1.54, 1.807) is 0 Å². The second kappa shape index (κ2) is 8.14. The van der Waals surface area contributed by atoms with Crippen LogP contribution in [-0.2, 0) is 0 Å². The first-order chi connectivity index (χ1) is 10.9. The van der Waals surface area contributed by atoms with Crippen LogP contribution < -0.4 is 0 Å². The maximum atomic E-state index is 2.67. The van der Waals surface area contributed by atoms with E-state index in [1.165, 1.54) is 62.9 Å². The van der Waals surface area contributed by atoms with Gasteiger partial charge in [-0.2, -0.15) is 0 Å². The summed E-state index contributed by atoms with van der Waals surface area (Å²) in [6.07, 6.45) is 6.80. The molecule has 0 saturated carbocycles. The van der Waals surface area contributed by atoms with E-state index in [2.05, 4.69) is 65.6 Å². The summed E-state index contributed by atoms with van der Waals surface area (Å²) in [7, 11) is 0. The predicted molar refractivity (Wildman–Crippen MR) is 94.3 cm³/mol. The molecule has 1 nitrogen and oxygen atoms in total. The Morgan fingerprint density at radius 2 is 1.18 bits per heavy atom. The Morgan fingerprint density at radius 1 is 0.682 bits per heavy atom. The number of hydrogen-bond acceptors (Lipinski definition) is 1. The maximum Gasteiger partial charge on any atom is 0.0101 e. The molecular weight excluding hydrogens is 266 g/mol. The largest absolute Gasteiger partial charge is 0.303 e. The first-order valence-corrected chi connectivity index (χ1v) is 8.76. The van der Waals surface area contributed by atoms with Gasteiger partial charge in [-0.25, -0.2) is 0 Å². The lowest BCUT2D eigenvalue weighted by molar-refractivity contribution is 0.277. The Kier molecular flexibility index (Phi) is 5.66. The van der Waals surface area contributed by atoms with Crippen LogP contribution in [0.3, 0.4) is 0 Å². The fraction of sp³-hybridized carbons (Fsp3) is 0.429. The molecule has 0 bridgehead atoms. The highest BCUT2D eigenvalue weighted by Gasteiger charge is 2.16. The van der Waals surface area contributed by atoms with Crippen molar-refractivity contribution >= 4 is 0 Å². The molecule has 0 amide bonds. The van der Waals surface area contributed by atoms with Crippen molar-refractivity contribution in [3.63, 3.8) is 0 Å². The summed E-state index contributed by atoms with van der Waals surface area (Å²) in [4.78, 5) is 2.67. The minimum atomic E-state index is 0.519. The molecule has 1 heterocycles. The molecule has 0 atom stereocenters. The summed E-state index contributed by atoms with van der Waals surface area (Å²) in [5, 5.41) is 0. The van der Waals surface area contributed by atoms with Crippen LogP contribution >= 0.6 is 0 Å². The van der Waals surface area contributed by atoms with E-state index < -0.39 is 0 Å². The van der Waals surface area contributed by atoms with Gasteiger partial charge in [-0.15, -0.1) is 0 Å². The van der Waals surface area contributed by atoms with Crippen LogP contribution in [0.1, 0.15) is 49.1 Å². The van der Waals surface area contributed by atoms with Crippen molar-refractivity contribution in [3.8, 4) is 0 Å². The molecule has 1 saturated heterocycles. The van der Waals surface area contributed by atoms with Gasteiger partial charge >= 0.3 is 0 Å². The first-order valence-electron chi connectivity index (χ1n) is 8.76. The zero-order chi connectivity index (χ0) is 15.0. The third-order valence-electron chi connectivity index (χ3n) is 4.84. The molecule has 3 rings (SSSR count). The predicted octanol–water partition coefficient (Wildman–Crippen LogP) is 5.08. The highest BCUT2D eigenvalue weighted by Crippen LogP contribution is 2.28. The Labute approximate surface area is 135 Å². The van der Waals surface area contributed by atoms with E-state index >= 15 is 0 Å². The van der Waals surface area contributed by atoms with Gasteiger partial charge in [0.05, 0.1) is 0 Å². The van der Waals surface area contributed by atoms with E-state index in [0.717, 1.165) is 0 Å². The van der Waals surface area contributed by atoms with Crippen molar-refractivity contribution in [2.45, 2.75) is 38.0 Å². The average molecular weight is 293 g/mol. The van der Waals surface area contributed by atoms with E-state index in [-0.39, 0.29) is 0 Å². The molecule has 1 fully saturated rings. The van der Waals surface area contributed by atoms with Crippen LogP contribution in [-0.4, -0.2) is 24.5 Å². The molecule has 0 N–H and O–H groups in total. The van der Waals surface area contributed by atoms with Crippen molar-refractivity contribution in [2.75, 3.05) is 19.6 Å². The normalized spacial score (nSPS) is 16.6. The molecule has 1 aliphatic heterocycles.